The van der Waals surface area contributed by atoms with Crippen molar-refractivity contribution in [2.24, 2.45) is 0 Å². The van der Waals surface area contributed by atoms with Gasteiger partial charge in [0.2, 0.25) is 0 Å². The van der Waals surface area contributed by atoms with E-state index in [-0.39, 0.29) is 16.6 Å². The predicted octanol–water partition coefficient (Wildman–Crippen LogP) is 3.34. The van der Waals surface area contributed by atoms with E-state index in [1.165, 1.54) is 10.5 Å². The molecule has 0 bridgehead atoms. The Hall–Kier alpha value is -3.25. The normalized spacial score (nSPS) is 16.1. The molecule has 1 aliphatic heterocycles. The Labute approximate surface area is 168 Å². The molecule has 2 heterocycles. The summed E-state index contributed by atoms with van der Waals surface area (Å²) in [6.07, 6.45) is 3.64. The van der Waals surface area contributed by atoms with Gasteiger partial charge in [-0.05, 0) is 36.8 Å². The quantitative estimate of drug-likeness (QED) is 0.423. The Morgan fingerprint density at radius 2 is 1.75 bits per heavy atom. The number of aromatic nitrogens is 1. The third-order valence-corrected chi connectivity index (χ3v) is 5.14. The van der Waals surface area contributed by atoms with Crippen LogP contribution in [-0.2, 0) is 16.1 Å². The SMILES string of the molecule is CCN1C(=O)C(=Cc2cn(Cc3ccccc3)c3ccccc23)C(=O)NC1=S. The van der Waals surface area contributed by atoms with Crippen LogP contribution in [0.1, 0.15) is 18.1 Å². The number of benzene rings is 2. The number of carbonyl (C=O) groups excluding carboxylic acids is 2. The van der Waals surface area contributed by atoms with Crippen molar-refractivity contribution in [3.8, 4) is 0 Å². The number of likely N-dealkylation sites (N-methyl/N-ethyl adjacent to an activating group) is 1. The van der Waals surface area contributed by atoms with Crippen molar-refractivity contribution < 1.29 is 9.59 Å². The summed E-state index contributed by atoms with van der Waals surface area (Å²) in [6, 6.07) is 18.1. The summed E-state index contributed by atoms with van der Waals surface area (Å²) in [7, 11) is 0. The van der Waals surface area contributed by atoms with Crippen molar-refractivity contribution in [3.63, 3.8) is 0 Å². The zero-order valence-electron chi connectivity index (χ0n) is 15.4. The number of rotatable bonds is 4. The molecule has 2 aromatic carbocycles. The monoisotopic (exact) mass is 389 g/mol. The Kier molecular flexibility index (Phi) is 4.79. The molecule has 4 rings (SSSR count). The van der Waals surface area contributed by atoms with Gasteiger partial charge in [0.15, 0.2) is 5.11 Å². The Bertz CT molecular complexity index is 1120. The maximum absolute atomic E-state index is 12.7. The zero-order valence-corrected chi connectivity index (χ0v) is 16.2. The van der Waals surface area contributed by atoms with Gasteiger partial charge < -0.3 is 4.57 Å². The predicted molar refractivity (Wildman–Crippen MR) is 114 cm³/mol. The highest BCUT2D eigenvalue weighted by molar-refractivity contribution is 7.80. The fourth-order valence-electron chi connectivity index (χ4n) is 3.44. The van der Waals surface area contributed by atoms with Crippen molar-refractivity contribution in [1.29, 1.82) is 0 Å². The lowest BCUT2D eigenvalue weighted by Gasteiger charge is -2.27. The number of thiocarbonyl (C=S) groups is 1. The first-order valence-electron chi connectivity index (χ1n) is 9.09. The van der Waals surface area contributed by atoms with Crippen LogP contribution < -0.4 is 5.32 Å². The third-order valence-electron chi connectivity index (χ3n) is 4.82. The summed E-state index contributed by atoms with van der Waals surface area (Å²) in [5.74, 6) is -0.823. The average molecular weight is 389 g/mol. The van der Waals surface area contributed by atoms with Crippen molar-refractivity contribution in [1.82, 2.24) is 14.8 Å². The topological polar surface area (TPSA) is 54.3 Å². The standard InChI is InChI=1S/C22H19N3O2S/c1-2-25-21(27)18(20(26)23-22(25)28)12-16-14-24(13-15-8-4-3-5-9-15)19-11-7-6-10-17(16)19/h3-12,14H,2,13H2,1H3,(H,23,26,28). The summed E-state index contributed by atoms with van der Waals surface area (Å²) in [5.41, 5.74) is 3.15. The van der Waals surface area contributed by atoms with Crippen LogP contribution in [0.25, 0.3) is 17.0 Å². The Morgan fingerprint density at radius 3 is 2.50 bits per heavy atom. The molecule has 0 radical (unpaired) electrons. The second-order valence-corrected chi connectivity index (χ2v) is 6.97. The van der Waals surface area contributed by atoms with Crippen LogP contribution in [0, 0.1) is 0 Å². The lowest BCUT2D eigenvalue weighted by atomic mass is 10.1. The van der Waals surface area contributed by atoms with E-state index in [0.29, 0.717) is 13.1 Å². The van der Waals surface area contributed by atoms with Gasteiger partial charge in [0.25, 0.3) is 11.8 Å². The van der Waals surface area contributed by atoms with Crippen LogP contribution in [0.2, 0.25) is 0 Å². The second kappa shape index (κ2) is 7.40. The molecular formula is C22H19N3O2S. The van der Waals surface area contributed by atoms with Gasteiger partial charge in [0, 0.05) is 35.8 Å². The molecule has 5 nitrogen and oxygen atoms in total. The van der Waals surface area contributed by atoms with Crippen LogP contribution in [0.5, 0.6) is 0 Å². The molecular weight excluding hydrogens is 370 g/mol. The smallest absolute Gasteiger partial charge is 0.265 e. The number of nitrogens with one attached hydrogen (secondary N) is 1. The molecule has 0 spiro atoms. The number of fused-ring (bicyclic) bond motifs is 1. The summed E-state index contributed by atoms with van der Waals surface area (Å²) in [5, 5.41) is 3.74. The van der Waals surface area contributed by atoms with Gasteiger partial charge in [0.1, 0.15) is 5.57 Å². The first kappa shape index (κ1) is 18.1. The van der Waals surface area contributed by atoms with Crippen LogP contribution >= 0.6 is 12.2 Å². The van der Waals surface area contributed by atoms with E-state index in [4.69, 9.17) is 12.2 Å². The highest BCUT2D eigenvalue weighted by Gasteiger charge is 2.32. The summed E-state index contributed by atoms with van der Waals surface area (Å²) in [6.45, 7) is 2.94. The van der Waals surface area contributed by atoms with E-state index in [1.54, 1.807) is 6.08 Å². The number of carbonyl (C=O) groups is 2. The molecule has 1 aliphatic rings. The molecule has 1 saturated heterocycles. The minimum absolute atomic E-state index is 0.0954. The van der Waals surface area contributed by atoms with E-state index >= 15 is 0 Å². The lowest BCUT2D eigenvalue weighted by Crippen LogP contribution is -2.53. The fourth-order valence-corrected chi connectivity index (χ4v) is 3.74. The lowest BCUT2D eigenvalue weighted by molar-refractivity contribution is -0.128. The molecule has 2 amide bonds. The molecule has 1 N–H and O–H groups in total. The van der Waals surface area contributed by atoms with Gasteiger partial charge >= 0.3 is 0 Å². The molecule has 6 heteroatoms. The third kappa shape index (κ3) is 3.23. The van der Waals surface area contributed by atoms with Crippen LogP contribution in [-0.4, -0.2) is 32.9 Å². The van der Waals surface area contributed by atoms with E-state index in [1.807, 2.05) is 55.6 Å². The average Bonchev–Trinajstić information content (AvgIpc) is 3.04. The van der Waals surface area contributed by atoms with Crippen LogP contribution in [0.3, 0.4) is 0 Å². The van der Waals surface area contributed by atoms with Gasteiger partial charge in [-0.1, -0.05) is 48.5 Å². The summed E-state index contributed by atoms with van der Waals surface area (Å²) < 4.78 is 2.13. The minimum atomic E-state index is -0.459. The molecule has 1 fully saturated rings. The Morgan fingerprint density at radius 1 is 1.04 bits per heavy atom. The van der Waals surface area contributed by atoms with Crippen molar-refractivity contribution in [3.05, 3.63) is 77.5 Å². The molecule has 3 aromatic rings. The van der Waals surface area contributed by atoms with Gasteiger partial charge in [-0.3, -0.25) is 19.8 Å². The molecule has 0 unspecified atom stereocenters. The first-order chi connectivity index (χ1) is 13.6. The molecule has 140 valence electrons. The minimum Gasteiger partial charge on any atom is -0.342 e. The maximum atomic E-state index is 12.7. The van der Waals surface area contributed by atoms with Crippen molar-refractivity contribution >= 4 is 46.1 Å². The van der Waals surface area contributed by atoms with E-state index in [2.05, 4.69) is 22.0 Å². The van der Waals surface area contributed by atoms with Crippen LogP contribution in [0.4, 0.5) is 0 Å². The second-order valence-electron chi connectivity index (χ2n) is 6.58. The van der Waals surface area contributed by atoms with Gasteiger partial charge in [-0.25, -0.2) is 0 Å². The van der Waals surface area contributed by atoms with Crippen LogP contribution in [0.15, 0.2) is 66.4 Å². The Balaban J connectivity index is 1.79. The van der Waals surface area contributed by atoms with Gasteiger partial charge in [-0.15, -0.1) is 0 Å². The van der Waals surface area contributed by atoms with Gasteiger partial charge in [-0.2, -0.15) is 0 Å². The number of hydrogen-bond donors (Lipinski definition) is 1. The fraction of sp³-hybridized carbons (Fsp3) is 0.136. The molecule has 1 aromatic heterocycles. The summed E-state index contributed by atoms with van der Waals surface area (Å²) >= 11 is 5.09. The van der Waals surface area contributed by atoms with Gasteiger partial charge in [0.05, 0.1) is 0 Å². The molecule has 0 saturated carbocycles. The summed E-state index contributed by atoms with van der Waals surface area (Å²) in [4.78, 5) is 26.5. The van der Waals surface area contributed by atoms with E-state index in [0.717, 1.165) is 16.5 Å². The highest BCUT2D eigenvalue weighted by Crippen LogP contribution is 2.25. The number of para-hydroxylation sites is 1. The molecule has 0 atom stereocenters. The number of nitrogens with zero attached hydrogens (tertiary/aromatic N) is 2. The number of amides is 2. The molecule has 0 aliphatic carbocycles. The first-order valence-corrected chi connectivity index (χ1v) is 9.50. The molecule has 28 heavy (non-hydrogen) atoms. The maximum Gasteiger partial charge on any atom is 0.265 e. The highest BCUT2D eigenvalue weighted by atomic mass is 32.1. The van der Waals surface area contributed by atoms with Crippen molar-refractivity contribution in [2.45, 2.75) is 13.5 Å². The largest absolute Gasteiger partial charge is 0.342 e. The van der Waals surface area contributed by atoms with Crippen molar-refractivity contribution in [2.75, 3.05) is 6.54 Å². The van der Waals surface area contributed by atoms with E-state index in [9.17, 15) is 9.59 Å². The zero-order chi connectivity index (χ0) is 19.7. The van der Waals surface area contributed by atoms with E-state index < -0.39 is 5.91 Å². The number of hydrogen-bond acceptors (Lipinski definition) is 3.